The number of halogens is 1. The predicted octanol–water partition coefficient (Wildman–Crippen LogP) is 1.91. The summed E-state index contributed by atoms with van der Waals surface area (Å²) in [5.41, 5.74) is 0. The summed E-state index contributed by atoms with van der Waals surface area (Å²) >= 11 is 3.38. The third kappa shape index (κ3) is 2.18. The van der Waals surface area contributed by atoms with Crippen LogP contribution < -0.4 is 4.90 Å². The van der Waals surface area contributed by atoms with Crippen LogP contribution in [0.15, 0.2) is 16.9 Å². The summed E-state index contributed by atoms with van der Waals surface area (Å²) in [6.45, 7) is 5.75. The average Bonchev–Trinajstić information content (AvgIpc) is 2.76. The van der Waals surface area contributed by atoms with Gasteiger partial charge in [-0.25, -0.2) is 9.97 Å². The van der Waals surface area contributed by atoms with Gasteiger partial charge in [0, 0.05) is 37.6 Å². The van der Waals surface area contributed by atoms with Crippen molar-refractivity contribution in [2.24, 2.45) is 0 Å². The molecule has 1 aromatic heterocycles. The predicted molar refractivity (Wildman–Crippen MR) is 71.1 cm³/mol. The molecule has 0 aromatic carbocycles. The Bertz CT molecular complexity index is 394. The lowest BCUT2D eigenvalue weighted by molar-refractivity contribution is 0.201. The fourth-order valence-electron chi connectivity index (χ4n) is 2.92. The van der Waals surface area contributed by atoms with Gasteiger partial charge in [-0.2, -0.15) is 0 Å². The molecule has 5 heteroatoms. The number of hydrogen-bond donors (Lipinski definition) is 0. The van der Waals surface area contributed by atoms with Crippen molar-refractivity contribution in [3.05, 3.63) is 16.9 Å². The molecule has 2 fully saturated rings. The SMILES string of the molecule is CC1CN2CCCC2CN1c1ncc(Br)cn1. The molecule has 0 spiro atoms. The summed E-state index contributed by atoms with van der Waals surface area (Å²) in [4.78, 5) is 13.8. The molecule has 17 heavy (non-hydrogen) atoms. The van der Waals surface area contributed by atoms with Gasteiger partial charge in [-0.3, -0.25) is 4.90 Å². The number of anilines is 1. The number of hydrogen-bond acceptors (Lipinski definition) is 4. The van der Waals surface area contributed by atoms with E-state index in [2.05, 4.69) is 42.6 Å². The Labute approximate surface area is 110 Å². The van der Waals surface area contributed by atoms with Gasteiger partial charge in [-0.05, 0) is 42.2 Å². The zero-order valence-corrected chi connectivity index (χ0v) is 11.6. The molecular weight excluding hydrogens is 280 g/mol. The molecule has 0 saturated carbocycles. The molecule has 2 aliphatic rings. The van der Waals surface area contributed by atoms with Gasteiger partial charge < -0.3 is 4.90 Å². The van der Waals surface area contributed by atoms with Crippen LogP contribution in [0.25, 0.3) is 0 Å². The van der Waals surface area contributed by atoms with Gasteiger partial charge >= 0.3 is 0 Å². The molecule has 4 nitrogen and oxygen atoms in total. The maximum absolute atomic E-state index is 4.42. The molecule has 92 valence electrons. The Morgan fingerprint density at radius 1 is 1.29 bits per heavy atom. The zero-order chi connectivity index (χ0) is 11.8. The van der Waals surface area contributed by atoms with Crippen LogP contribution in [-0.2, 0) is 0 Å². The minimum Gasteiger partial charge on any atom is -0.335 e. The largest absolute Gasteiger partial charge is 0.335 e. The van der Waals surface area contributed by atoms with Crippen molar-refractivity contribution in [3.63, 3.8) is 0 Å². The minimum atomic E-state index is 0.505. The highest BCUT2D eigenvalue weighted by Gasteiger charge is 2.35. The maximum Gasteiger partial charge on any atom is 0.225 e. The lowest BCUT2D eigenvalue weighted by Crippen LogP contribution is -2.55. The Kier molecular flexibility index (Phi) is 3.04. The van der Waals surface area contributed by atoms with Crippen LogP contribution in [0.3, 0.4) is 0 Å². The molecule has 3 heterocycles. The third-order valence-corrected chi connectivity index (χ3v) is 4.21. The first-order valence-electron chi connectivity index (χ1n) is 6.22. The number of piperazine rings is 1. The molecule has 0 bridgehead atoms. The van der Waals surface area contributed by atoms with E-state index < -0.39 is 0 Å². The Balaban J connectivity index is 1.80. The fourth-order valence-corrected chi connectivity index (χ4v) is 3.12. The third-order valence-electron chi connectivity index (χ3n) is 3.80. The van der Waals surface area contributed by atoms with Crippen LogP contribution in [0.4, 0.5) is 5.95 Å². The summed E-state index contributed by atoms with van der Waals surface area (Å²) in [6.07, 6.45) is 6.32. The van der Waals surface area contributed by atoms with Gasteiger partial charge in [-0.15, -0.1) is 0 Å². The van der Waals surface area contributed by atoms with E-state index in [0.29, 0.717) is 12.1 Å². The molecule has 2 atom stereocenters. The van der Waals surface area contributed by atoms with Gasteiger partial charge in [0.1, 0.15) is 0 Å². The van der Waals surface area contributed by atoms with Crippen molar-refractivity contribution in [2.75, 3.05) is 24.5 Å². The molecule has 0 amide bonds. The van der Waals surface area contributed by atoms with Crippen molar-refractivity contribution in [1.29, 1.82) is 0 Å². The van der Waals surface area contributed by atoms with E-state index in [1.54, 1.807) is 0 Å². The average molecular weight is 297 g/mol. The quantitative estimate of drug-likeness (QED) is 0.792. The Morgan fingerprint density at radius 2 is 2.06 bits per heavy atom. The summed E-state index contributed by atoms with van der Waals surface area (Å²) in [6, 6.07) is 1.21. The summed E-state index contributed by atoms with van der Waals surface area (Å²) in [5.74, 6) is 0.868. The number of fused-ring (bicyclic) bond motifs is 1. The number of nitrogens with zero attached hydrogens (tertiary/aromatic N) is 4. The normalized spacial score (nSPS) is 29.4. The molecule has 2 unspecified atom stereocenters. The zero-order valence-electron chi connectivity index (χ0n) is 10.0. The second kappa shape index (κ2) is 4.53. The van der Waals surface area contributed by atoms with Crippen molar-refractivity contribution in [2.45, 2.75) is 31.8 Å². The van der Waals surface area contributed by atoms with Crippen LogP contribution in [0.5, 0.6) is 0 Å². The minimum absolute atomic E-state index is 0.505. The molecular formula is C12H17BrN4. The van der Waals surface area contributed by atoms with E-state index >= 15 is 0 Å². The van der Waals surface area contributed by atoms with Gasteiger partial charge in [0.15, 0.2) is 0 Å². The molecule has 3 rings (SSSR count). The topological polar surface area (TPSA) is 32.3 Å². The highest BCUT2D eigenvalue weighted by Crippen LogP contribution is 2.26. The Morgan fingerprint density at radius 3 is 2.82 bits per heavy atom. The number of rotatable bonds is 1. The van der Waals surface area contributed by atoms with Gasteiger partial charge in [0.05, 0.1) is 4.47 Å². The second-order valence-electron chi connectivity index (χ2n) is 4.99. The van der Waals surface area contributed by atoms with E-state index in [4.69, 9.17) is 0 Å². The van der Waals surface area contributed by atoms with Crippen LogP contribution in [0, 0.1) is 0 Å². The lowest BCUT2D eigenvalue weighted by atomic mass is 10.1. The van der Waals surface area contributed by atoms with E-state index in [1.807, 2.05) is 12.4 Å². The first kappa shape index (κ1) is 11.4. The van der Waals surface area contributed by atoms with Crippen LogP contribution in [-0.4, -0.2) is 46.6 Å². The second-order valence-corrected chi connectivity index (χ2v) is 5.91. The molecule has 2 saturated heterocycles. The van der Waals surface area contributed by atoms with Crippen molar-refractivity contribution in [1.82, 2.24) is 14.9 Å². The summed E-state index contributed by atoms with van der Waals surface area (Å²) in [5, 5.41) is 0. The van der Waals surface area contributed by atoms with Crippen LogP contribution >= 0.6 is 15.9 Å². The van der Waals surface area contributed by atoms with Crippen molar-refractivity contribution < 1.29 is 0 Å². The van der Waals surface area contributed by atoms with Crippen molar-refractivity contribution >= 4 is 21.9 Å². The molecule has 0 radical (unpaired) electrons. The first-order chi connectivity index (χ1) is 8.24. The highest BCUT2D eigenvalue weighted by atomic mass is 79.9. The molecule has 2 aliphatic heterocycles. The standard InChI is InChI=1S/C12H17BrN4/c1-9-7-16-4-2-3-11(16)8-17(9)12-14-5-10(13)6-15-12/h5-6,9,11H,2-4,7-8H2,1H3. The van der Waals surface area contributed by atoms with E-state index in [9.17, 15) is 0 Å². The molecule has 1 aromatic rings. The van der Waals surface area contributed by atoms with E-state index in [-0.39, 0.29) is 0 Å². The monoisotopic (exact) mass is 296 g/mol. The van der Waals surface area contributed by atoms with Gasteiger partial charge in [0.25, 0.3) is 0 Å². The Hall–Kier alpha value is -0.680. The van der Waals surface area contributed by atoms with Crippen LogP contribution in [0.2, 0.25) is 0 Å². The van der Waals surface area contributed by atoms with Gasteiger partial charge in [0.2, 0.25) is 5.95 Å². The van der Waals surface area contributed by atoms with Crippen LogP contribution in [0.1, 0.15) is 19.8 Å². The van der Waals surface area contributed by atoms with E-state index in [0.717, 1.165) is 23.5 Å². The lowest BCUT2D eigenvalue weighted by Gasteiger charge is -2.42. The van der Waals surface area contributed by atoms with Gasteiger partial charge in [-0.1, -0.05) is 0 Å². The highest BCUT2D eigenvalue weighted by molar-refractivity contribution is 9.10. The fraction of sp³-hybridized carbons (Fsp3) is 0.667. The summed E-state index contributed by atoms with van der Waals surface area (Å²) < 4.78 is 0.938. The van der Waals surface area contributed by atoms with E-state index in [1.165, 1.54) is 19.4 Å². The first-order valence-corrected chi connectivity index (χ1v) is 7.01. The maximum atomic E-state index is 4.42. The smallest absolute Gasteiger partial charge is 0.225 e. The molecule has 0 aliphatic carbocycles. The summed E-state index contributed by atoms with van der Waals surface area (Å²) in [7, 11) is 0. The number of aromatic nitrogens is 2. The molecule has 0 N–H and O–H groups in total. The van der Waals surface area contributed by atoms with Crippen molar-refractivity contribution in [3.8, 4) is 0 Å².